The van der Waals surface area contributed by atoms with E-state index >= 15 is 0 Å². The summed E-state index contributed by atoms with van der Waals surface area (Å²) in [7, 11) is 0. The minimum atomic E-state index is -0.892. The monoisotopic (exact) mass is 251 g/mol. The van der Waals surface area contributed by atoms with Crippen LogP contribution in [0.5, 0.6) is 0 Å². The lowest BCUT2D eigenvalue weighted by molar-refractivity contribution is 0.105. The number of aliphatic hydroxyl groups is 2. The molecule has 1 atom stereocenters. The first-order chi connectivity index (χ1) is 8.69. The lowest BCUT2D eigenvalue weighted by atomic mass is 10.4. The van der Waals surface area contributed by atoms with Crippen molar-refractivity contribution in [3.8, 4) is 5.95 Å². The fourth-order valence-corrected chi connectivity index (χ4v) is 1.22. The maximum Gasteiger partial charge on any atom is 0.257 e. The Morgan fingerprint density at radius 1 is 1.39 bits per heavy atom. The van der Waals surface area contributed by atoms with Crippen molar-refractivity contribution < 1.29 is 10.2 Å². The first-order valence-corrected chi connectivity index (χ1v) is 5.23. The Balaban J connectivity index is 2.17. The van der Waals surface area contributed by atoms with Crippen molar-refractivity contribution in [3.63, 3.8) is 0 Å². The Morgan fingerprint density at radius 2 is 2.22 bits per heavy atom. The predicted octanol–water partition coefficient (Wildman–Crippen LogP) is -1.60. The van der Waals surface area contributed by atoms with Crippen LogP contribution in [-0.2, 0) is 0 Å². The minimum absolute atomic E-state index is 0.0384. The summed E-state index contributed by atoms with van der Waals surface area (Å²) in [5.41, 5.74) is 5.55. The zero-order valence-corrected chi connectivity index (χ0v) is 9.43. The normalized spacial score (nSPS) is 12.3. The number of nitrogens with zero attached hydrogens (tertiary/aromatic N) is 5. The topological polar surface area (TPSA) is 135 Å². The molecule has 0 aliphatic heterocycles. The Hall–Kier alpha value is -2.26. The smallest absolute Gasteiger partial charge is 0.257 e. The van der Waals surface area contributed by atoms with E-state index in [0.717, 1.165) is 0 Å². The van der Waals surface area contributed by atoms with Gasteiger partial charge in [0.25, 0.3) is 5.95 Å². The number of rotatable bonds is 5. The van der Waals surface area contributed by atoms with Gasteiger partial charge in [-0.3, -0.25) is 0 Å². The molecule has 1 unspecified atom stereocenters. The molecule has 5 N–H and O–H groups in total. The molecule has 9 nitrogen and oxygen atoms in total. The van der Waals surface area contributed by atoms with Gasteiger partial charge in [-0.15, -0.1) is 0 Å². The minimum Gasteiger partial charge on any atom is -0.394 e. The van der Waals surface area contributed by atoms with Gasteiger partial charge in [0, 0.05) is 18.9 Å². The van der Waals surface area contributed by atoms with Crippen LogP contribution in [-0.4, -0.2) is 54.2 Å². The first kappa shape index (κ1) is 12.2. The van der Waals surface area contributed by atoms with Gasteiger partial charge in [-0.1, -0.05) is 0 Å². The number of aliphatic hydroxyl groups excluding tert-OH is 2. The maximum absolute atomic E-state index is 9.21. The highest BCUT2D eigenvalue weighted by molar-refractivity contribution is 5.34. The van der Waals surface area contributed by atoms with Crippen molar-refractivity contribution in [1.82, 2.24) is 24.7 Å². The first-order valence-electron chi connectivity index (χ1n) is 5.23. The molecule has 0 bridgehead atoms. The van der Waals surface area contributed by atoms with Crippen LogP contribution in [0.1, 0.15) is 0 Å². The van der Waals surface area contributed by atoms with Crippen LogP contribution >= 0.6 is 0 Å². The zero-order valence-electron chi connectivity index (χ0n) is 9.43. The number of nitrogens with two attached hydrogens (primary N) is 1. The van der Waals surface area contributed by atoms with Crippen LogP contribution < -0.4 is 11.1 Å². The standard InChI is InChI=1S/C9H13N7O2/c10-7-13-8(11-4-6(18)5-17)15-9(14-7)16-3-1-2-12-16/h1-3,6,17-18H,4-5H2,(H3,10,11,13,14,15). The molecular formula is C9H13N7O2. The summed E-state index contributed by atoms with van der Waals surface area (Å²) in [4.78, 5) is 11.9. The molecule has 0 radical (unpaired) electrons. The molecule has 0 spiro atoms. The fraction of sp³-hybridized carbons (Fsp3) is 0.333. The van der Waals surface area contributed by atoms with Crippen molar-refractivity contribution in [3.05, 3.63) is 18.5 Å². The summed E-state index contributed by atoms with van der Waals surface area (Å²) >= 11 is 0. The van der Waals surface area contributed by atoms with E-state index in [0.29, 0.717) is 0 Å². The lowest BCUT2D eigenvalue weighted by Crippen LogP contribution is -2.24. The molecule has 0 saturated heterocycles. The van der Waals surface area contributed by atoms with E-state index in [9.17, 15) is 5.11 Å². The van der Waals surface area contributed by atoms with Crippen molar-refractivity contribution in [2.45, 2.75) is 6.10 Å². The quantitative estimate of drug-likeness (QED) is 0.499. The summed E-state index contributed by atoms with van der Waals surface area (Å²) in [6, 6.07) is 1.72. The predicted molar refractivity (Wildman–Crippen MR) is 62.9 cm³/mol. The molecule has 2 rings (SSSR count). The molecule has 0 saturated carbocycles. The molecule has 0 amide bonds. The summed E-state index contributed by atoms with van der Waals surface area (Å²) < 4.78 is 1.44. The van der Waals surface area contributed by atoms with Gasteiger partial charge in [0.05, 0.1) is 12.7 Å². The molecule has 2 heterocycles. The van der Waals surface area contributed by atoms with Crippen LogP contribution in [0, 0.1) is 0 Å². The van der Waals surface area contributed by atoms with Crippen LogP contribution in [0.15, 0.2) is 18.5 Å². The molecule has 9 heteroatoms. The highest BCUT2D eigenvalue weighted by Gasteiger charge is 2.08. The number of anilines is 2. The third-order valence-corrected chi connectivity index (χ3v) is 2.06. The molecule has 2 aromatic heterocycles. The van der Waals surface area contributed by atoms with Crippen LogP contribution in [0.25, 0.3) is 5.95 Å². The summed E-state index contributed by atoms with van der Waals surface area (Å²) in [5.74, 6) is 0.519. The Kier molecular flexibility index (Phi) is 3.65. The molecule has 0 aliphatic carbocycles. The molecular weight excluding hydrogens is 238 g/mol. The second-order valence-electron chi connectivity index (χ2n) is 3.49. The number of nitrogens with one attached hydrogen (secondary N) is 1. The molecule has 0 aliphatic rings. The van der Waals surface area contributed by atoms with Gasteiger partial charge in [-0.05, 0) is 6.07 Å². The zero-order chi connectivity index (χ0) is 13.0. The van der Waals surface area contributed by atoms with Gasteiger partial charge < -0.3 is 21.3 Å². The van der Waals surface area contributed by atoms with E-state index in [4.69, 9.17) is 10.8 Å². The molecule has 2 aromatic rings. The molecule has 18 heavy (non-hydrogen) atoms. The van der Waals surface area contributed by atoms with Gasteiger partial charge in [0.1, 0.15) is 0 Å². The van der Waals surface area contributed by atoms with E-state index in [-0.39, 0.29) is 31.0 Å². The van der Waals surface area contributed by atoms with Gasteiger partial charge in [-0.2, -0.15) is 20.1 Å². The Labute approximate surface area is 102 Å². The van der Waals surface area contributed by atoms with Crippen molar-refractivity contribution >= 4 is 11.9 Å². The highest BCUT2D eigenvalue weighted by atomic mass is 16.3. The number of nitrogen functional groups attached to an aromatic ring is 1. The van der Waals surface area contributed by atoms with E-state index < -0.39 is 6.10 Å². The third kappa shape index (κ3) is 2.90. The molecule has 0 fully saturated rings. The average Bonchev–Trinajstić information content (AvgIpc) is 2.89. The van der Waals surface area contributed by atoms with E-state index in [1.807, 2.05) is 0 Å². The Morgan fingerprint density at radius 3 is 2.89 bits per heavy atom. The highest BCUT2D eigenvalue weighted by Crippen LogP contribution is 2.06. The summed E-state index contributed by atoms with van der Waals surface area (Å²) in [6.07, 6.45) is 2.36. The lowest BCUT2D eigenvalue weighted by Gasteiger charge is -2.09. The number of aromatic nitrogens is 5. The van der Waals surface area contributed by atoms with Gasteiger partial charge in [-0.25, -0.2) is 4.68 Å². The van der Waals surface area contributed by atoms with Gasteiger partial charge in [0.2, 0.25) is 11.9 Å². The molecule has 96 valence electrons. The Bertz CT molecular complexity index is 502. The average molecular weight is 251 g/mol. The van der Waals surface area contributed by atoms with Crippen LogP contribution in [0.4, 0.5) is 11.9 Å². The fourth-order valence-electron chi connectivity index (χ4n) is 1.22. The van der Waals surface area contributed by atoms with Gasteiger partial charge >= 0.3 is 0 Å². The second-order valence-corrected chi connectivity index (χ2v) is 3.49. The summed E-state index contributed by atoms with van der Waals surface area (Å²) in [5, 5.41) is 24.6. The van der Waals surface area contributed by atoms with E-state index in [1.54, 1.807) is 18.5 Å². The third-order valence-electron chi connectivity index (χ3n) is 2.06. The van der Waals surface area contributed by atoms with Crippen molar-refractivity contribution in [2.75, 3.05) is 24.2 Å². The van der Waals surface area contributed by atoms with Crippen molar-refractivity contribution in [1.29, 1.82) is 0 Å². The SMILES string of the molecule is Nc1nc(NCC(O)CO)nc(-n2cccn2)n1. The summed E-state index contributed by atoms with van der Waals surface area (Å²) in [6.45, 7) is -0.238. The number of hydrogen-bond acceptors (Lipinski definition) is 8. The second kappa shape index (κ2) is 5.38. The van der Waals surface area contributed by atoms with Crippen LogP contribution in [0.3, 0.4) is 0 Å². The molecule has 0 aromatic carbocycles. The van der Waals surface area contributed by atoms with E-state index in [1.165, 1.54) is 4.68 Å². The van der Waals surface area contributed by atoms with Crippen molar-refractivity contribution in [2.24, 2.45) is 0 Å². The van der Waals surface area contributed by atoms with E-state index in [2.05, 4.69) is 25.4 Å². The van der Waals surface area contributed by atoms with Crippen LogP contribution in [0.2, 0.25) is 0 Å². The number of hydrogen-bond donors (Lipinski definition) is 4. The maximum atomic E-state index is 9.21. The largest absolute Gasteiger partial charge is 0.394 e. The van der Waals surface area contributed by atoms with Gasteiger partial charge in [0.15, 0.2) is 0 Å².